The van der Waals surface area contributed by atoms with E-state index >= 15 is 0 Å². The first kappa shape index (κ1) is 13.3. The van der Waals surface area contributed by atoms with E-state index in [4.69, 9.17) is 20.6 Å². The van der Waals surface area contributed by atoms with Gasteiger partial charge in [0.15, 0.2) is 5.78 Å². The molecule has 0 saturated heterocycles. The number of rotatable bonds is 5. The molecule has 17 heavy (non-hydrogen) atoms. The highest BCUT2D eigenvalue weighted by atomic mass is 35.5. The maximum Gasteiger partial charge on any atom is 0.359 e. The Morgan fingerprint density at radius 1 is 1.47 bits per heavy atom. The first-order valence-electron chi connectivity index (χ1n) is 5.80. The number of hydrogen-bond donors (Lipinski definition) is 0. The molecule has 4 nitrogen and oxygen atoms in total. The van der Waals surface area contributed by atoms with Crippen molar-refractivity contribution < 1.29 is 18.4 Å². The molecule has 0 bridgehead atoms. The van der Waals surface area contributed by atoms with Crippen molar-refractivity contribution in [2.45, 2.75) is 24.9 Å². The summed E-state index contributed by atoms with van der Waals surface area (Å²) in [5.74, 6) is -0.568. The molecule has 0 amide bonds. The minimum absolute atomic E-state index is 0.137. The summed E-state index contributed by atoms with van der Waals surface area (Å²) in [6.07, 6.45) is 4.43. The number of ketones is 1. The Hall–Kier alpha value is -0.150. The van der Waals surface area contributed by atoms with Gasteiger partial charge in [-0.05, 0) is 20.3 Å². The third kappa shape index (κ3) is 1.66. The van der Waals surface area contributed by atoms with Gasteiger partial charge in [-0.1, -0.05) is 23.8 Å². The smallest absolute Gasteiger partial charge is 0.307 e. The molecule has 0 aromatic heterocycles. The Labute approximate surface area is 106 Å². The molecule has 0 spiro atoms. The summed E-state index contributed by atoms with van der Waals surface area (Å²) in [6.45, 7) is 3.83. The third-order valence-corrected chi connectivity index (χ3v) is 6.86. The number of hydrogen-bond acceptors (Lipinski definition) is 4. The topological polar surface area (TPSA) is 52.6 Å². The number of fused-ring (bicyclic) bond motifs is 1. The number of halogens is 1. The highest BCUT2D eigenvalue weighted by molar-refractivity contribution is 7.59. The molecule has 0 aromatic rings. The van der Waals surface area contributed by atoms with E-state index in [9.17, 15) is 9.36 Å². The number of carbonyl (C=O) groups excluding carboxylic acids is 1. The molecule has 0 aromatic carbocycles. The lowest BCUT2D eigenvalue weighted by Crippen LogP contribution is -2.57. The van der Waals surface area contributed by atoms with Crippen LogP contribution in [0.2, 0.25) is 0 Å². The van der Waals surface area contributed by atoms with Gasteiger partial charge < -0.3 is 9.05 Å². The van der Waals surface area contributed by atoms with Crippen LogP contribution in [0.5, 0.6) is 0 Å². The molecule has 0 aliphatic heterocycles. The zero-order valence-corrected chi connectivity index (χ0v) is 11.5. The number of allylic oxidation sites excluding steroid dienone is 2. The van der Waals surface area contributed by atoms with Gasteiger partial charge in [-0.3, -0.25) is 9.36 Å². The van der Waals surface area contributed by atoms with Gasteiger partial charge in [-0.25, -0.2) is 0 Å². The second kappa shape index (κ2) is 4.51. The van der Waals surface area contributed by atoms with Crippen LogP contribution in [0.3, 0.4) is 0 Å². The minimum atomic E-state index is -3.60. The number of carbonyl (C=O) groups is 1. The van der Waals surface area contributed by atoms with Crippen LogP contribution in [0.25, 0.3) is 0 Å². The Kier molecular flexibility index (Phi) is 3.52. The molecule has 3 atom stereocenters. The molecular weight excluding hydrogens is 263 g/mol. The van der Waals surface area contributed by atoms with Crippen LogP contribution < -0.4 is 0 Å². The quantitative estimate of drug-likeness (QED) is 0.441. The fourth-order valence-electron chi connectivity index (χ4n) is 2.53. The van der Waals surface area contributed by atoms with Crippen molar-refractivity contribution in [3.63, 3.8) is 0 Å². The van der Waals surface area contributed by atoms with Crippen molar-refractivity contribution in [3.8, 4) is 0 Å². The second-order valence-corrected chi connectivity index (χ2v) is 7.24. The SMILES string of the molecule is CCOP(=O)(OCC)[C@]1(Cl)C(=O)[C@H]2CC=C[C@H]21. The van der Waals surface area contributed by atoms with Gasteiger partial charge >= 0.3 is 7.60 Å². The fraction of sp³-hybridized carbons (Fsp3) is 0.727. The zero-order chi connectivity index (χ0) is 12.7. The molecule has 2 aliphatic rings. The molecule has 0 heterocycles. The lowest BCUT2D eigenvalue weighted by molar-refractivity contribution is -0.133. The van der Waals surface area contributed by atoms with Gasteiger partial charge in [0.1, 0.15) is 0 Å². The second-order valence-electron chi connectivity index (χ2n) is 4.17. The van der Waals surface area contributed by atoms with E-state index in [1.807, 2.05) is 12.2 Å². The molecule has 0 unspecified atom stereocenters. The first-order valence-corrected chi connectivity index (χ1v) is 7.72. The molecule has 1 fully saturated rings. The van der Waals surface area contributed by atoms with Gasteiger partial charge in [0.2, 0.25) is 4.62 Å². The molecule has 6 heteroatoms. The minimum Gasteiger partial charge on any atom is -0.307 e. The van der Waals surface area contributed by atoms with Gasteiger partial charge in [-0.2, -0.15) is 0 Å². The molecule has 2 rings (SSSR count). The van der Waals surface area contributed by atoms with E-state index in [1.165, 1.54) is 0 Å². The Morgan fingerprint density at radius 3 is 2.59 bits per heavy atom. The maximum absolute atomic E-state index is 12.6. The van der Waals surface area contributed by atoms with E-state index in [-0.39, 0.29) is 30.8 Å². The van der Waals surface area contributed by atoms with Crippen molar-refractivity contribution in [1.29, 1.82) is 0 Å². The van der Waals surface area contributed by atoms with E-state index in [2.05, 4.69) is 0 Å². The lowest BCUT2D eigenvalue weighted by Gasteiger charge is -2.47. The van der Waals surface area contributed by atoms with Crippen LogP contribution in [0.4, 0.5) is 0 Å². The van der Waals surface area contributed by atoms with Crippen molar-refractivity contribution in [2.75, 3.05) is 13.2 Å². The third-order valence-electron chi connectivity index (χ3n) is 3.29. The summed E-state index contributed by atoms with van der Waals surface area (Å²) in [4.78, 5) is 12.1. The van der Waals surface area contributed by atoms with Gasteiger partial charge in [0, 0.05) is 11.8 Å². The summed E-state index contributed by atoms with van der Waals surface area (Å²) in [7, 11) is -3.60. The van der Waals surface area contributed by atoms with Gasteiger partial charge in [0.25, 0.3) is 0 Å². The monoisotopic (exact) mass is 278 g/mol. The average Bonchev–Trinajstić information content (AvgIpc) is 2.74. The summed E-state index contributed by atoms with van der Waals surface area (Å²) in [5, 5.41) is 0. The summed E-state index contributed by atoms with van der Waals surface area (Å²) >= 11 is 6.31. The Balaban J connectivity index is 2.32. The van der Waals surface area contributed by atoms with Crippen LogP contribution in [-0.4, -0.2) is 23.6 Å². The predicted octanol–water partition coefficient (Wildman–Crippen LogP) is 2.96. The van der Waals surface area contributed by atoms with Crippen molar-refractivity contribution in [1.82, 2.24) is 0 Å². The summed E-state index contributed by atoms with van der Waals surface area (Å²) in [6, 6.07) is 0. The molecule has 96 valence electrons. The maximum atomic E-state index is 12.6. The normalized spacial score (nSPS) is 35.8. The lowest BCUT2D eigenvalue weighted by atomic mass is 9.73. The van der Waals surface area contributed by atoms with Crippen molar-refractivity contribution in [2.24, 2.45) is 11.8 Å². The molecule has 1 saturated carbocycles. The highest BCUT2D eigenvalue weighted by Crippen LogP contribution is 2.73. The van der Waals surface area contributed by atoms with Crippen LogP contribution in [0.15, 0.2) is 12.2 Å². The van der Waals surface area contributed by atoms with Crippen LogP contribution in [0, 0.1) is 11.8 Å². The Bertz CT molecular complexity index is 398. The molecule has 0 radical (unpaired) electrons. The fourth-order valence-corrected chi connectivity index (χ4v) is 5.38. The van der Waals surface area contributed by atoms with Gasteiger partial charge in [-0.15, -0.1) is 0 Å². The summed E-state index contributed by atoms with van der Waals surface area (Å²) < 4.78 is 21.5. The average molecular weight is 279 g/mol. The predicted molar refractivity (Wildman–Crippen MR) is 65.2 cm³/mol. The van der Waals surface area contributed by atoms with E-state index in [1.54, 1.807) is 13.8 Å². The van der Waals surface area contributed by atoms with Crippen LogP contribution in [-0.2, 0) is 18.4 Å². The first-order chi connectivity index (χ1) is 8.01. The van der Waals surface area contributed by atoms with E-state index in [0.29, 0.717) is 6.42 Å². The molecule has 0 N–H and O–H groups in total. The highest BCUT2D eigenvalue weighted by Gasteiger charge is 2.71. The number of Topliss-reactive ketones (excluding diaryl/α,β-unsaturated/α-hetero) is 1. The van der Waals surface area contributed by atoms with Gasteiger partial charge in [0.05, 0.1) is 13.2 Å². The van der Waals surface area contributed by atoms with E-state index < -0.39 is 12.2 Å². The Morgan fingerprint density at radius 2 is 2.06 bits per heavy atom. The van der Waals surface area contributed by atoms with Crippen LogP contribution in [0.1, 0.15) is 20.3 Å². The summed E-state index contributed by atoms with van der Waals surface area (Å²) in [5.41, 5.74) is 0. The van der Waals surface area contributed by atoms with E-state index in [0.717, 1.165) is 0 Å². The van der Waals surface area contributed by atoms with Crippen molar-refractivity contribution in [3.05, 3.63) is 12.2 Å². The zero-order valence-electron chi connectivity index (χ0n) is 9.89. The largest absolute Gasteiger partial charge is 0.359 e. The van der Waals surface area contributed by atoms with Crippen LogP contribution >= 0.6 is 19.2 Å². The standard InChI is InChI=1S/C11H16ClO4P/c1-3-15-17(14,16-4-2)11(12)9-7-5-6-8(9)10(11)13/h5,7-9H,3-4,6H2,1-2H3/t8-,9+,11-/m0/s1. The molecule has 2 aliphatic carbocycles. The van der Waals surface area contributed by atoms with Crippen molar-refractivity contribution >= 4 is 25.0 Å². The number of alkyl halides is 1. The molecular formula is C11H16ClO4P.